The van der Waals surface area contributed by atoms with Gasteiger partial charge in [0.05, 0.1) is 6.61 Å². The van der Waals surface area contributed by atoms with Crippen molar-refractivity contribution in [2.75, 3.05) is 12.3 Å². The molecule has 0 saturated heterocycles. The van der Waals surface area contributed by atoms with E-state index in [4.69, 9.17) is 10.5 Å². The van der Waals surface area contributed by atoms with E-state index >= 15 is 0 Å². The smallest absolute Gasteiger partial charge is 0.274 e. The first-order chi connectivity index (χ1) is 10.1. The van der Waals surface area contributed by atoms with Crippen LogP contribution >= 0.6 is 0 Å². The highest BCUT2D eigenvalue weighted by Crippen LogP contribution is 2.15. The maximum Gasteiger partial charge on any atom is 0.274 e. The van der Waals surface area contributed by atoms with E-state index in [1.165, 1.54) is 0 Å². The van der Waals surface area contributed by atoms with E-state index in [-0.39, 0.29) is 18.1 Å². The van der Waals surface area contributed by atoms with Crippen LogP contribution in [0.2, 0.25) is 0 Å². The Kier molecular flexibility index (Phi) is 4.65. The van der Waals surface area contributed by atoms with Crippen LogP contribution in [0, 0.1) is 6.92 Å². The molecule has 0 bridgehead atoms. The van der Waals surface area contributed by atoms with Gasteiger partial charge in [-0.2, -0.15) is 0 Å². The maximum atomic E-state index is 12.2. The van der Waals surface area contributed by atoms with Crippen LogP contribution in [-0.4, -0.2) is 27.5 Å². The van der Waals surface area contributed by atoms with Crippen molar-refractivity contribution in [3.05, 3.63) is 41.6 Å². The SMILES string of the molecule is CCOc1cccnc1C(=O)NCc1cnc(C)nc1N. The third-order valence-electron chi connectivity index (χ3n) is 2.74. The average molecular weight is 287 g/mol. The van der Waals surface area contributed by atoms with Crippen LogP contribution in [0.3, 0.4) is 0 Å². The molecule has 2 heterocycles. The summed E-state index contributed by atoms with van der Waals surface area (Å²) in [5.74, 6) is 1.06. The minimum absolute atomic E-state index is 0.229. The first-order valence-electron chi connectivity index (χ1n) is 6.55. The second kappa shape index (κ2) is 6.65. The van der Waals surface area contributed by atoms with Gasteiger partial charge in [0.1, 0.15) is 11.6 Å². The number of anilines is 1. The van der Waals surface area contributed by atoms with E-state index in [9.17, 15) is 4.79 Å². The molecular formula is C14H17N5O2. The molecule has 0 unspecified atom stereocenters. The molecule has 21 heavy (non-hydrogen) atoms. The summed E-state index contributed by atoms with van der Waals surface area (Å²) in [6.45, 7) is 4.29. The third-order valence-corrected chi connectivity index (χ3v) is 2.74. The van der Waals surface area contributed by atoms with Crippen molar-refractivity contribution < 1.29 is 9.53 Å². The Bertz CT molecular complexity index is 645. The highest BCUT2D eigenvalue weighted by molar-refractivity contribution is 5.94. The van der Waals surface area contributed by atoms with Crippen LogP contribution in [0.5, 0.6) is 5.75 Å². The Balaban J connectivity index is 2.08. The number of nitrogen functional groups attached to an aromatic ring is 1. The molecule has 1 amide bonds. The summed E-state index contributed by atoms with van der Waals surface area (Å²) < 4.78 is 5.38. The summed E-state index contributed by atoms with van der Waals surface area (Å²) in [6.07, 6.45) is 3.14. The van der Waals surface area contributed by atoms with Crippen LogP contribution in [0.15, 0.2) is 24.5 Å². The minimum atomic E-state index is -0.334. The van der Waals surface area contributed by atoms with Gasteiger partial charge in [0.15, 0.2) is 11.4 Å². The molecule has 0 atom stereocenters. The summed E-state index contributed by atoms with van der Waals surface area (Å²) in [6, 6.07) is 3.42. The van der Waals surface area contributed by atoms with E-state index < -0.39 is 0 Å². The van der Waals surface area contributed by atoms with Gasteiger partial charge in [0.25, 0.3) is 5.91 Å². The molecule has 3 N–H and O–H groups in total. The number of rotatable bonds is 5. The normalized spacial score (nSPS) is 10.2. The van der Waals surface area contributed by atoms with Gasteiger partial charge < -0.3 is 15.8 Å². The van der Waals surface area contributed by atoms with Crippen molar-refractivity contribution in [3.63, 3.8) is 0 Å². The topological polar surface area (TPSA) is 103 Å². The number of nitrogens with one attached hydrogen (secondary N) is 1. The van der Waals surface area contributed by atoms with Crippen LogP contribution in [0.1, 0.15) is 28.8 Å². The third kappa shape index (κ3) is 3.65. The Morgan fingerprint density at radius 2 is 2.24 bits per heavy atom. The fourth-order valence-electron chi connectivity index (χ4n) is 1.74. The van der Waals surface area contributed by atoms with Gasteiger partial charge in [-0.25, -0.2) is 15.0 Å². The number of amides is 1. The predicted octanol–water partition coefficient (Wildman–Crippen LogP) is 1.09. The molecule has 2 rings (SSSR count). The Hall–Kier alpha value is -2.70. The van der Waals surface area contributed by atoms with Gasteiger partial charge in [0.2, 0.25) is 0 Å². The molecule has 2 aromatic rings. The van der Waals surface area contributed by atoms with Crippen molar-refractivity contribution in [3.8, 4) is 5.75 Å². The molecule has 0 fully saturated rings. The van der Waals surface area contributed by atoms with Crippen LogP contribution in [-0.2, 0) is 6.54 Å². The first kappa shape index (κ1) is 14.7. The van der Waals surface area contributed by atoms with Crippen molar-refractivity contribution in [1.82, 2.24) is 20.3 Å². The summed E-state index contributed by atoms with van der Waals surface area (Å²) in [4.78, 5) is 24.3. The summed E-state index contributed by atoms with van der Waals surface area (Å²) in [5, 5.41) is 2.73. The van der Waals surface area contributed by atoms with Crippen LogP contribution < -0.4 is 15.8 Å². The minimum Gasteiger partial charge on any atom is -0.491 e. The molecule has 110 valence electrons. The number of carbonyl (C=O) groups excluding carboxylic acids is 1. The molecule has 0 aliphatic carbocycles. The molecule has 7 nitrogen and oxygen atoms in total. The van der Waals surface area contributed by atoms with Crippen molar-refractivity contribution >= 4 is 11.7 Å². The Morgan fingerprint density at radius 1 is 1.43 bits per heavy atom. The number of pyridine rings is 1. The molecule has 0 spiro atoms. The van der Waals surface area contributed by atoms with Crippen molar-refractivity contribution in [2.24, 2.45) is 0 Å². The quantitative estimate of drug-likeness (QED) is 0.853. The number of hydrogen-bond donors (Lipinski definition) is 2. The van der Waals surface area contributed by atoms with E-state index in [1.54, 1.807) is 31.5 Å². The van der Waals surface area contributed by atoms with Crippen molar-refractivity contribution in [2.45, 2.75) is 20.4 Å². The number of hydrogen-bond acceptors (Lipinski definition) is 6. The average Bonchev–Trinajstić information content (AvgIpc) is 2.47. The number of nitrogens with zero attached hydrogens (tertiary/aromatic N) is 3. The highest BCUT2D eigenvalue weighted by Gasteiger charge is 2.14. The van der Waals surface area contributed by atoms with E-state index in [2.05, 4.69) is 20.3 Å². The number of carbonyl (C=O) groups is 1. The lowest BCUT2D eigenvalue weighted by molar-refractivity contribution is 0.0942. The van der Waals surface area contributed by atoms with Crippen LogP contribution in [0.25, 0.3) is 0 Å². The van der Waals surface area contributed by atoms with Crippen molar-refractivity contribution in [1.29, 1.82) is 0 Å². The number of nitrogens with two attached hydrogens (primary N) is 1. The van der Waals surface area contributed by atoms with Crippen LogP contribution in [0.4, 0.5) is 5.82 Å². The fraction of sp³-hybridized carbons (Fsp3) is 0.286. The molecule has 0 saturated carbocycles. The molecular weight excluding hydrogens is 270 g/mol. The lowest BCUT2D eigenvalue weighted by Crippen LogP contribution is -2.25. The van der Waals surface area contributed by atoms with E-state index in [0.717, 1.165) is 0 Å². The van der Waals surface area contributed by atoms with Gasteiger partial charge in [-0.15, -0.1) is 0 Å². The van der Waals surface area contributed by atoms with Gasteiger partial charge in [-0.3, -0.25) is 4.79 Å². The van der Waals surface area contributed by atoms with Gasteiger partial charge in [0, 0.05) is 24.5 Å². The summed E-state index contributed by atoms with van der Waals surface area (Å²) >= 11 is 0. The zero-order chi connectivity index (χ0) is 15.2. The molecule has 0 aromatic carbocycles. The lowest BCUT2D eigenvalue weighted by Gasteiger charge is -2.10. The Morgan fingerprint density at radius 3 is 2.95 bits per heavy atom. The first-order valence-corrected chi connectivity index (χ1v) is 6.55. The van der Waals surface area contributed by atoms with E-state index in [1.807, 2.05) is 6.92 Å². The van der Waals surface area contributed by atoms with E-state index in [0.29, 0.717) is 29.6 Å². The Labute approximate surface area is 122 Å². The number of aryl methyl sites for hydroxylation is 1. The highest BCUT2D eigenvalue weighted by atomic mass is 16.5. The second-order valence-electron chi connectivity index (χ2n) is 4.29. The van der Waals surface area contributed by atoms with Gasteiger partial charge >= 0.3 is 0 Å². The predicted molar refractivity (Wildman–Crippen MR) is 77.8 cm³/mol. The zero-order valence-electron chi connectivity index (χ0n) is 12.0. The second-order valence-corrected chi connectivity index (χ2v) is 4.29. The number of ether oxygens (including phenoxy) is 1. The maximum absolute atomic E-state index is 12.2. The summed E-state index contributed by atoms with van der Waals surface area (Å²) in [7, 11) is 0. The molecule has 2 aromatic heterocycles. The van der Waals surface area contributed by atoms with Gasteiger partial charge in [-0.1, -0.05) is 0 Å². The molecule has 7 heteroatoms. The lowest BCUT2D eigenvalue weighted by atomic mass is 10.2. The largest absolute Gasteiger partial charge is 0.491 e. The zero-order valence-corrected chi connectivity index (χ0v) is 12.0. The fourth-order valence-corrected chi connectivity index (χ4v) is 1.74. The monoisotopic (exact) mass is 287 g/mol. The standard InChI is InChI=1S/C14H17N5O2/c1-3-21-11-5-4-6-16-12(11)14(20)18-8-10-7-17-9(2)19-13(10)15/h4-7H,3,8H2,1-2H3,(H,18,20)(H2,15,17,19). The molecule has 0 aliphatic rings. The summed E-state index contributed by atoms with van der Waals surface area (Å²) in [5.41, 5.74) is 6.68. The number of aromatic nitrogens is 3. The molecule has 0 aliphatic heterocycles. The van der Waals surface area contributed by atoms with Gasteiger partial charge in [-0.05, 0) is 26.0 Å². The molecule has 0 radical (unpaired) electrons.